The average Bonchev–Trinajstić information content (AvgIpc) is 2.88. The van der Waals surface area contributed by atoms with Crippen LogP contribution >= 0.6 is 0 Å². The van der Waals surface area contributed by atoms with Gasteiger partial charge in [0.1, 0.15) is 5.75 Å². The van der Waals surface area contributed by atoms with Crippen LogP contribution in [-0.4, -0.2) is 27.9 Å². The molecule has 5 rings (SSSR count). The predicted octanol–water partition coefficient (Wildman–Crippen LogP) is 3.43. The highest BCUT2D eigenvalue weighted by Crippen LogP contribution is 2.21. The number of nitrogens with zero attached hydrogens (tertiary/aromatic N) is 3. The minimum absolute atomic E-state index is 0.0723. The first-order valence-electron chi connectivity index (χ1n) is 11.2. The summed E-state index contributed by atoms with van der Waals surface area (Å²) in [6.45, 7) is 1.80. The summed E-state index contributed by atoms with van der Waals surface area (Å²) in [7, 11) is -3.81. The fourth-order valence-corrected chi connectivity index (χ4v) is 4.78. The number of nitrogens with one attached hydrogen (secondary N) is 2. The third-order valence-corrected chi connectivity index (χ3v) is 6.95. The highest BCUT2D eigenvalue weighted by atomic mass is 32.2. The predicted molar refractivity (Wildman–Crippen MR) is 138 cm³/mol. The molecule has 0 fully saturated rings. The van der Waals surface area contributed by atoms with Crippen molar-refractivity contribution >= 4 is 26.6 Å². The zero-order valence-electron chi connectivity index (χ0n) is 19.6. The van der Waals surface area contributed by atoms with Crippen LogP contribution in [0.5, 0.6) is 11.8 Å². The Hall–Kier alpha value is -4.77. The number of rotatable bonds is 7. The van der Waals surface area contributed by atoms with E-state index in [0.717, 1.165) is 10.1 Å². The van der Waals surface area contributed by atoms with Crippen LogP contribution in [-0.2, 0) is 16.6 Å². The van der Waals surface area contributed by atoms with Gasteiger partial charge in [-0.1, -0.05) is 29.8 Å². The molecule has 10 nitrogen and oxygen atoms in total. The van der Waals surface area contributed by atoms with E-state index in [1.165, 1.54) is 30.6 Å². The molecule has 2 aromatic heterocycles. The molecule has 0 aliphatic heterocycles. The molecule has 0 atom stereocenters. The number of sulfonamides is 1. The van der Waals surface area contributed by atoms with Crippen molar-refractivity contribution in [3.63, 3.8) is 0 Å². The third-order valence-electron chi connectivity index (χ3n) is 5.56. The maximum Gasteiger partial charge on any atom is 0.329 e. The second kappa shape index (κ2) is 9.70. The second-order valence-corrected chi connectivity index (χ2v) is 9.96. The molecule has 0 radical (unpaired) electrons. The molecule has 0 unspecified atom stereocenters. The van der Waals surface area contributed by atoms with Gasteiger partial charge in [-0.05, 0) is 61.0 Å². The van der Waals surface area contributed by atoms with Crippen LogP contribution in [0.15, 0.2) is 99.7 Å². The Morgan fingerprint density at radius 1 is 0.946 bits per heavy atom. The summed E-state index contributed by atoms with van der Waals surface area (Å²) >= 11 is 0. The zero-order valence-corrected chi connectivity index (χ0v) is 20.4. The SMILES string of the molecule is Cc1ccc(S(=O)(=O)Nc2cccc(Cn3c(=O)[nH]c4ccc(Oc5ncccn5)cc4c3=O)c2)cc1. The minimum atomic E-state index is -3.81. The number of H-pyrrole nitrogens is 1. The van der Waals surface area contributed by atoms with Crippen molar-refractivity contribution in [1.29, 1.82) is 0 Å². The zero-order chi connectivity index (χ0) is 26.0. The summed E-state index contributed by atoms with van der Waals surface area (Å²) in [6, 6.07) is 19.5. The lowest BCUT2D eigenvalue weighted by Crippen LogP contribution is -2.35. The summed E-state index contributed by atoms with van der Waals surface area (Å²) in [5.74, 6) is 0.335. The molecule has 0 saturated carbocycles. The van der Waals surface area contributed by atoms with E-state index in [1.807, 2.05) is 6.92 Å². The van der Waals surface area contributed by atoms with Gasteiger partial charge < -0.3 is 9.72 Å². The number of benzene rings is 3. The largest absolute Gasteiger partial charge is 0.424 e. The van der Waals surface area contributed by atoms with Crippen molar-refractivity contribution in [3.8, 4) is 11.8 Å². The fourth-order valence-electron chi connectivity index (χ4n) is 3.73. The van der Waals surface area contributed by atoms with Crippen LogP contribution in [0.1, 0.15) is 11.1 Å². The molecule has 11 heteroatoms. The van der Waals surface area contributed by atoms with Crippen LogP contribution in [0.25, 0.3) is 10.9 Å². The maximum atomic E-state index is 13.2. The van der Waals surface area contributed by atoms with E-state index in [-0.39, 0.29) is 22.8 Å². The lowest BCUT2D eigenvalue weighted by Gasteiger charge is -2.11. The fraction of sp³-hybridized carbons (Fsp3) is 0.0769. The van der Waals surface area contributed by atoms with Crippen LogP contribution in [0, 0.1) is 6.92 Å². The van der Waals surface area contributed by atoms with E-state index in [2.05, 4.69) is 19.7 Å². The molecule has 0 aliphatic rings. The van der Waals surface area contributed by atoms with Crippen molar-refractivity contribution in [3.05, 3.63) is 117 Å². The van der Waals surface area contributed by atoms with Crippen molar-refractivity contribution in [2.75, 3.05) is 4.72 Å². The smallest absolute Gasteiger partial charge is 0.329 e. The van der Waals surface area contributed by atoms with Gasteiger partial charge in [-0.2, -0.15) is 0 Å². The average molecular weight is 516 g/mol. The molecule has 37 heavy (non-hydrogen) atoms. The highest BCUT2D eigenvalue weighted by molar-refractivity contribution is 7.92. The molecule has 0 spiro atoms. The quantitative estimate of drug-likeness (QED) is 0.339. The molecule has 0 aliphatic carbocycles. The molecule has 5 aromatic rings. The standard InChI is InChI=1S/C26H21N5O5S/c1-17-6-9-21(10-7-17)37(34,35)30-19-5-2-4-18(14-19)16-31-24(32)22-15-20(8-11-23(22)29-26(31)33)36-25-27-12-3-13-28-25/h2-15,30H,16H2,1H3,(H,29,33). The van der Waals surface area contributed by atoms with E-state index in [1.54, 1.807) is 54.6 Å². The Morgan fingerprint density at radius 3 is 2.46 bits per heavy atom. The molecular formula is C26H21N5O5S. The van der Waals surface area contributed by atoms with Crippen LogP contribution in [0.4, 0.5) is 5.69 Å². The minimum Gasteiger partial charge on any atom is -0.424 e. The van der Waals surface area contributed by atoms with Crippen molar-refractivity contribution in [2.24, 2.45) is 0 Å². The lowest BCUT2D eigenvalue weighted by atomic mass is 10.2. The van der Waals surface area contributed by atoms with E-state index in [9.17, 15) is 18.0 Å². The van der Waals surface area contributed by atoms with Gasteiger partial charge in [-0.3, -0.25) is 14.1 Å². The van der Waals surface area contributed by atoms with E-state index >= 15 is 0 Å². The maximum absolute atomic E-state index is 13.2. The van der Waals surface area contributed by atoms with Gasteiger partial charge in [0.25, 0.3) is 15.6 Å². The number of aromatic amines is 1. The Morgan fingerprint density at radius 2 is 1.70 bits per heavy atom. The Kier molecular flexibility index (Phi) is 6.28. The Labute approximate surface area is 211 Å². The summed E-state index contributed by atoms with van der Waals surface area (Å²) in [6.07, 6.45) is 3.06. The Balaban J connectivity index is 1.43. The molecule has 0 amide bonds. The van der Waals surface area contributed by atoms with Gasteiger partial charge in [0.2, 0.25) is 0 Å². The molecule has 3 aromatic carbocycles. The topological polar surface area (TPSA) is 136 Å². The molecule has 0 bridgehead atoms. The number of ether oxygens (including phenoxy) is 1. The van der Waals surface area contributed by atoms with E-state index < -0.39 is 21.3 Å². The number of anilines is 1. The van der Waals surface area contributed by atoms with Crippen molar-refractivity contribution in [2.45, 2.75) is 18.4 Å². The third kappa shape index (κ3) is 5.26. The van der Waals surface area contributed by atoms with Crippen molar-refractivity contribution in [1.82, 2.24) is 19.5 Å². The first kappa shape index (κ1) is 23.9. The number of aryl methyl sites for hydroxylation is 1. The molecule has 0 saturated heterocycles. The normalized spacial score (nSPS) is 11.4. The van der Waals surface area contributed by atoms with Gasteiger partial charge in [-0.15, -0.1) is 0 Å². The monoisotopic (exact) mass is 515 g/mol. The number of hydrogen-bond donors (Lipinski definition) is 2. The highest BCUT2D eigenvalue weighted by Gasteiger charge is 2.15. The van der Waals surface area contributed by atoms with Crippen LogP contribution in [0.3, 0.4) is 0 Å². The molecule has 186 valence electrons. The Bertz CT molecular complexity index is 1820. The van der Waals surface area contributed by atoms with E-state index in [0.29, 0.717) is 22.5 Å². The first-order chi connectivity index (χ1) is 17.8. The van der Waals surface area contributed by atoms with E-state index in [4.69, 9.17) is 4.74 Å². The van der Waals surface area contributed by atoms with Gasteiger partial charge in [0.05, 0.1) is 22.3 Å². The lowest BCUT2D eigenvalue weighted by molar-refractivity contribution is 0.442. The molecular weight excluding hydrogens is 494 g/mol. The van der Waals surface area contributed by atoms with Crippen molar-refractivity contribution < 1.29 is 13.2 Å². The number of aromatic nitrogens is 4. The van der Waals surface area contributed by atoms with Gasteiger partial charge >= 0.3 is 11.7 Å². The number of fused-ring (bicyclic) bond motifs is 1. The molecule has 2 N–H and O–H groups in total. The number of hydrogen-bond acceptors (Lipinski definition) is 7. The van der Waals surface area contributed by atoms with Gasteiger partial charge in [-0.25, -0.2) is 23.2 Å². The first-order valence-corrected chi connectivity index (χ1v) is 12.7. The molecule has 2 heterocycles. The van der Waals surface area contributed by atoms with Crippen LogP contribution < -0.4 is 20.7 Å². The summed E-state index contributed by atoms with van der Waals surface area (Å²) < 4.78 is 34.7. The van der Waals surface area contributed by atoms with Gasteiger partial charge in [0.15, 0.2) is 0 Å². The summed E-state index contributed by atoms with van der Waals surface area (Å²) in [5, 5.41) is 0.240. The van der Waals surface area contributed by atoms with Gasteiger partial charge in [0, 0.05) is 18.1 Å². The van der Waals surface area contributed by atoms with Crippen LogP contribution in [0.2, 0.25) is 0 Å². The summed E-state index contributed by atoms with van der Waals surface area (Å²) in [5.41, 5.74) is 1.04. The summed E-state index contributed by atoms with van der Waals surface area (Å²) in [4.78, 5) is 36.8. The second-order valence-electron chi connectivity index (χ2n) is 8.28.